The monoisotopic (exact) mass is 370 g/mol. The molecule has 0 aliphatic heterocycles. The summed E-state index contributed by atoms with van der Waals surface area (Å²) in [6.07, 6.45) is 10.9. The average molecular weight is 370 g/mol. The van der Waals surface area contributed by atoms with Crippen molar-refractivity contribution in [2.45, 2.75) is 38.7 Å². The minimum absolute atomic E-state index is 0.111. The van der Waals surface area contributed by atoms with E-state index in [0.29, 0.717) is 13.0 Å². The van der Waals surface area contributed by atoms with Crippen molar-refractivity contribution in [1.82, 2.24) is 20.8 Å². The second kappa shape index (κ2) is 12.4. The topological polar surface area (TPSA) is 112 Å². The lowest BCUT2D eigenvalue weighted by Gasteiger charge is -2.10. The molecule has 2 rings (SSSR count). The van der Waals surface area contributed by atoms with Gasteiger partial charge in [0.15, 0.2) is 5.96 Å². The normalized spacial score (nSPS) is 10.2. The van der Waals surface area contributed by atoms with Gasteiger partial charge < -0.3 is 10.6 Å². The number of unbranched alkanes of at least 4 members (excludes halogenated alkanes) is 3. The Kier molecular flexibility index (Phi) is 9.31. The van der Waals surface area contributed by atoms with Gasteiger partial charge in [-0.2, -0.15) is 0 Å². The third kappa shape index (κ3) is 9.31. The fourth-order valence-electron chi connectivity index (χ4n) is 2.34. The number of nitrogens with zero attached hydrogens (tertiary/aromatic N) is 2. The van der Waals surface area contributed by atoms with Gasteiger partial charge in [0.05, 0.1) is 0 Å². The Morgan fingerprint density at radius 1 is 1.04 bits per heavy atom. The molecule has 0 radical (unpaired) electrons. The predicted molar refractivity (Wildman–Crippen MR) is 104 cm³/mol. The maximum atomic E-state index is 11.7. The van der Waals surface area contributed by atoms with E-state index in [4.69, 9.17) is 10.2 Å². The summed E-state index contributed by atoms with van der Waals surface area (Å²) in [5, 5.41) is 13.8. The fourth-order valence-corrected chi connectivity index (χ4v) is 2.34. The first-order valence-electron chi connectivity index (χ1n) is 9.03. The van der Waals surface area contributed by atoms with Crippen molar-refractivity contribution in [2.75, 3.05) is 11.9 Å². The lowest BCUT2D eigenvalue weighted by Crippen LogP contribution is -2.30. The molecule has 0 bridgehead atoms. The molecule has 0 aliphatic rings. The second-order valence-corrected chi connectivity index (χ2v) is 6.00. The molecule has 144 valence electrons. The van der Waals surface area contributed by atoms with Crippen LogP contribution in [0.5, 0.6) is 0 Å². The lowest BCUT2D eigenvalue weighted by molar-refractivity contribution is -0.134. The van der Waals surface area contributed by atoms with Gasteiger partial charge in [0.25, 0.3) is 0 Å². The van der Waals surface area contributed by atoms with Gasteiger partial charge in [-0.3, -0.25) is 25.0 Å². The molecule has 0 saturated carbocycles. The molecule has 2 heterocycles. The van der Waals surface area contributed by atoms with Crippen molar-refractivity contribution in [1.29, 1.82) is 5.41 Å². The van der Waals surface area contributed by atoms with Crippen LogP contribution in [0, 0.1) is 5.41 Å². The van der Waals surface area contributed by atoms with E-state index in [9.17, 15) is 4.79 Å². The molecule has 0 aliphatic carbocycles. The minimum atomic E-state index is -0.111. The average Bonchev–Trinajstić information content (AvgIpc) is 2.69. The molecule has 0 aromatic carbocycles. The standard InChI is InChI=1S/C19H26N6O2/c20-19(24-17-8-12-21-13-9-17)23-11-4-2-1-3-7-18(26)25-27-15-16-6-5-10-22-14-16/h5-6,8-10,12-14H,1-4,7,11,15H2,(H,25,26)(H3,20,21,23,24). The molecule has 27 heavy (non-hydrogen) atoms. The Hall–Kier alpha value is -3.00. The highest BCUT2D eigenvalue weighted by atomic mass is 16.6. The predicted octanol–water partition coefficient (Wildman–Crippen LogP) is 2.61. The zero-order chi connectivity index (χ0) is 19.2. The zero-order valence-electron chi connectivity index (χ0n) is 15.3. The molecular formula is C19H26N6O2. The summed E-state index contributed by atoms with van der Waals surface area (Å²) in [5.41, 5.74) is 4.20. The van der Waals surface area contributed by atoms with Crippen LogP contribution in [0.2, 0.25) is 0 Å². The number of carbonyl (C=O) groups excluding carboxylic acids is 1. The number of nitrogens with one attached hydrogen (secondary N) is 4. The molecule has 2 aromatic rings. The van der Waals surface area contributed by atoms with Crippen LogP contribution in [0.4, 0.5) is 5.69 Å². The number of hydroxylamine groups is 1. The van der Waals surface area contributed by atoms with E-state index in [0.717, 1.165) is 43.5 Å². The smallest absolute Gasteiger partial charge is 0.243 e. The Bertz CT molecular complexity index is 681. The summed E-state index contributed by atoms with van der Waals surface area (Å²) in [6.45, 7) is 1.03. The summed E-state index contributed by atoms with van der Waals surface area (Å²) >= 11 is 0. The maximum Gasteiger partial charge on any atom is 0.243 e. The summed E-state index contributed by atoms with van der Waals surface area (Å²) in [5.74, 6) is 0.159. The van der Waals surface area contributed by atoms with Crippen molar-refractivity contribution in [3.8, 4) is 0 Å². The van der Waals surface area contributed by atoms with E-state index in [1.165, 1.54) is 0 Å². The van der Waals surface area contributed by atoms with Gasteiger partial charge in [-0.15, -0.1) is 0 Å². The maximum absolute atomic E-state index is 11.7. The van der Waals surface area contributed by atoms with E-state index < -0.39 is 0 Å². The number of aromatic nitrogens is 2. The Morgan fingerprint density at radius 3 is 2.63 bits per heavy atom. The van der Waals surface area contributed by atoms with E-state index in [-0.39, 0.29) is 11.9 Å². The van der Waals surface area contributed by atoms with Gasteiger partial charge in [-0.25, -0.2) is 5.48 Å². The zero-order valence-corrected chi connectivity index (χ0v) is 15.3. The molecule has 0 spiro atoms. The molecule has 4 N–H and O–H groups in total. The van der Waals surface area contributed by atoms with E-state index in [2.05, 4.69) is 26.1 Å². The first kappa shape index (κ1) is 20.3. The van der Waals surface area contributed by atoms with Crippen LogP contribution in [0.25, 0.3) is 0 Å². The van der Waals surface area contributed by atoms with Crippen molar-refractivity contribution in [3.63, 3.8) is 0 Å². The van der Waals surface area contributed by atoms with Gasteiger partial charge >= 0.3 is 0 Å². The molecule has 0 atom stereocenters. The van der Waals surface area contributed by atoms with Gasteiger partial charge in [0.2, 0.25) is 5.91 Å². The number of rotatable bonds is 11. The van der Waals surface area contributed by atoms with E-state index >= 15 is 0 Å². The Labute approximate surface area is 159 Å². The quantitative estimate of drug-likeness (QED) is 0.209. The van der Waals surface area contributed by atoms with E-state index in [1.807, 2.05) is 24.3 Å². The third-order valence-electron chi connectivity index (χ3n) is 3.73. The van der Waals surface area contributed by atoms with Gasteiger partial charge in [0.1, 0.15) is 6.61 Å². The molecular weight excluding hydrogens is 344 g/mol. The number of carbonyl (C=O) groups is 1. The largest absolute Gasteiger partial charge is 0.356 e. The van der Waals surface area contributed by atoms with Crippen LogP contribution in [-0.4, -0.2) is 28.4 Å². The van der Waals surface area contributed by atoms with Gasteiger partial charge in [0, 0.05) is 43.4 Å². The number of guanidine groups is 1. The number of pyridine rings is 2. The van der Waals surface area contributed by atoms with Crippen LogP contribution in [0.1, 0.15) is 37.7 Å². The highest BCUT2D eigenvalue weighted by Crippen LogP contribution is 2.04. The van der Waals surface area contributed by atoms with Crippen LogP contribution in [0.15, 0.2) is 49.1 Å². The number of amides is 1. The van der Waals surface area contributed by atoms with Crippen molar-refractivity contribution >= 4 is 17.6 Å². The molecule has 8 nitrogen and oxygen atoms in total. The van der Waals surface area contributed by atoms with Crippen molar-refractivity contribution in [3.05, 3.63) is 54.6 Å². The molecule has 0 fully saturated rings. The second-order valence-electron chi connectivity index (χ2n) is 6.00. The van der Waals surface area contributed by atoms with Crippen LogP contribution < -0.4 is 16.1 Å². The molecule has 0 saturated heterocycles. The summed E-state index contributed by atoms with van der Waals surface area (Å²) < 4.78 is 0. The summed E-state index contributed by atoms with van der Waals surface area (Å²) in [4.78, 5) is 24.8. The Balaban J connectivity index is 1.41. The highest BCUT2D eigenvalue weighted by Gasteiger charge is 2.02. The number of anilines is 1. The lowest BCUT2D eigenvalue weighted by atomic mass is 10.1. The van der Waals surface area contributed by atoms with Crippen molar-refractivity contribution < 1.29 is 9.63 Å². The molecule has 1 amide bonds. The number of hydrogen-bond donors (Lipinski definition) is 4. The SMILES string of the molecule is N=C(NCCCCCCC(=O)NOCc1cccnc1)Nc1ccncc1. The minimum Gasteiger partial charge on any atom is -0.356 e. The van der Waals surface area contributed by atoms with Crippen LogP contribution >= 0.6 is 0 Å². The first-order valence-corrected chi connectivity index (χ1v) is 9.03. The van der Waals surface area contributed by atoms with Crippen molar-refractivity contribution in [2.24, 2.45) is 0 Å². The molecule has 2 aromatic heterocycles. The Morgan fingerprint density at radius 2 is 1.85 bits per heavy atom. The highest BCUT2D eigenvalue weighted by molar-refractivity contribution is 5.90. The third-order valence-corrected chi connectivity index (χ3v) is 3.73. The van der Waals surface area contributed by atoms with Crippen LogP contribution in [0.3, 0.4) is 0 Å². The first-order chi connectivity index (χ1) is 13.2. The van der Waals surface area contributed by atoms with Gasteiger partial charge in [-0.1, -0.05) is 18.9 Å². The molecule has 8 heteroatoms. The molecule has 0 unspecified atom stereocenters. The fraction of sp³-hybridized carbons (Fsp3) is 0.368. The van der Waals surface area contributed by atoms with Crippen LogP contribution in [-0.2, 0) is 16.2 Å². The summed E-state index contributed by atoms with van der Waals surface area (Å²) in [6, 6.07) is 7.33. The number of hydrogen-bond acceptors (Lipinski definition) is 5. The van der Waals surface area contributed by atoms with E-state index in [1.54, 1.807) is 24.8 Å². The summed E-state index contributed by atoms with van der Waals surface area (Å²) in [7, 11) is 0. The van der Waals surface area contributed by atoms with Gasteiger partial charge in [-0.05, 0) is 36.6 Å².